The summed E-state index contributed by atoms with van der Waals surface area (Å²) >= 11 is 0. The fraction of sp³-hybridized carbons (Fsp3) is 0.692. The van der Waals surface area contributed by atoms with E-state index in [1.165, 1.54) is 0 Å². The zero-order chi connectivity index (χ0) is 15.3. The van der Waals surface area contributed by atoms with Crippen LogP contribution in [0.5, 0.6) is 0 Å². The summed E-state index contributed by atoms with van der Waals surface area (Å²) < 4.78 is 14.8. The Balaban J connectivity index is 2.30. The average Bonchev–Trinajstić information content (AvgIpc) is 2.54. The van der Waals surface area contributed by atoms with E-state index >= 15 is 0 Å². The van der Waals surface area contributed by atoms with Crippen LogP contribution in [0.25, 0.3) is 0 Å². The molecule has 0 spiro atoms. The Morgan fingerprint density at radius 1 is 1.50 bits per heavy atom. The van der Waals surface area contributed by atoms with Crippen LogP contribution < -0.4 is 5.32 Å². The molecule has 1 aliphatic heterocycles. The first-order valence-electron chi connectivity index (χ1n) is 6.44. The highest BCUT2D eigenvalue weighted by molar-refractivity contribution is 5.67. The van der Waals surface area contributed by atoms with Crippen molar-refractivity contribution < 1.29 is 23.8 Å². The standard InChI is InChI=1S/C13H22N2O5/c1-9-10(19-12(17)18-9)8-15(5)7-6-14-11(16)20-13(2,3)4/h8-9H,6-7H2,1-5H3,(H,14,16). The van der Waals surface area contributed by atoms with E-state index in [1.807, 2.05) is 7.05 Å². The topological polar surface area (TPSA) is 77.1 Å². The largest absolute Gasteiger partial charge is 0.514 e. The smallest absolute Gasteiger partial charge is 0.444 e. The molecule has 1 rings (SSSR count). The Kier molecular flexibility index (Phi) is 5.24. The molecule has 0 aromatic carbocycles. The molecule has 0 radical (unpaired) electrons. The van der Waals surface area contributed by atoms with E-state index in [-0.39, 0.29) is 6.10 Å². The molecule has 1 amide bonds. The van der Waals surface area contributed by atoms with E-state index < -0.39 is 17.8 Å². The Bertz CT molecular complexity index is 400. The summed E-state index contributed by atoms with van der Waals surface area (Å²) in [5.74, 6) is 0.453. The Morgan fingerprint density at radius 3 is 2.65 bits per heavy atom. The third kappa shape index (κ3) is 5.81. The van der Waals surface area contributed by atoms with Crippen molar-refractivity contribution in [3.8, 4) is 0 Å². The number of ether oxygens (including phenoxy) is 3. The van der Waals surface area contributed by atoms with Crippen molar-refractivity contribution in [1.29, 1.82) is 0 Å². The van der Waals surface area contributed by atoms with Crippen LogP contribution in [0.4, 0.5) is 9.59 Å². The Labute approximate surface area is 118 Å². The third-order valence-electron chi connectivity index (χ3n) is 2.36. The second-order valence-corrected chi connectivity index (χ2v) is 5.55. The monoisotopic (exact) mass is 286 g/mol. The number of carbonyl (C=O) groups is 2. The van der Waals surface area contributed by atoms with Gasteiger partial charge >= 0.3 is 12.2 Å². The van der Waals surface area contributed by atoms with Crippen LogP contribution in [-0.4, -0.2) is 49.0 Å². The minimum Gasteiger partial charge on any atom is -0.444 e. The molecule has 1 N–H and O–H groups in total. The van der Waals surface area contributed by atoms with Crippen molar-refractivity contribution >= 4 is 12.2 Å². The zero-order valence-electron chi connectivity index (χ0n) is 12.6. The quantitative estimate of drug-likeness (QED) is 0.795. The maximum absolute atomic E-state index is 11.4. The predicted molar refractivity (Wildman–Crippen MR) is 72.0 cm³/mol. The van der Waals surface area contributed by atoms with Gasteiger partial charge in [0, 0.05) is 26.3 Å². The lowest BCUT2D eigenvalue weighted by atomic mass is 10.2. The normalized spacial score (nSPS) is 20.4. The van der Waals surface area contributed by atoms with Gasteiger partial charge in [-0.25, -0.2) is 9.59 Å². The summed E-state index contributed by atoms with van der Waals surface area (Å²) in [6.07, 6.45) is 0.141. The van der Waals surface area contributed by atoms with E-state index in [9.17, 15) is 9.59 Å². The molecule has 0 aliphatic carbocycles. The molecule has 1 heterocycles. The second kappa shape index (κ2) is 6.49. The van der Waals surface area contributed by atoms with Crippen LogP contribution >= 0.6 is 0 Å². The van der Waals surface area contributed by atoms with Gasteiger partial charge in [0.25, 0.3) is 0 Å². The van der Waals surface area contributed by atoms with Gasteiger partial charge in [0.1, 0.15) is 5.60 Å². The van der Waals surface area contributed by atoms with E-state index in [2.05, 4.69) is 5.32 Å². The molecule has 1 saturated heterocycles. The van der Waals surface area contributed by atoms with Gasteiger partial charge < -0.3 is 24.4 Å². The van der Waals surface area contributed by atoms with Crippen LogP contribution in [-0.2, 0) is 14.2 Å². The fourth-order valence-electron chi connectivity index (χ4n) is 1.47. The Morgan fingerprint density at radius 2 is 2.15 bits per heavy atom. The second-order valence-electron chi connectivity index (χ2n) is 5.55. The van der Waals surface area contributed by atoms with Gasteiger partial charge in [0.15, 0.2) is 11.9 Å². The number of nitrogens with one attached hydrogen (secondary N) is 1. The van der Waals surface area contributed by atoms with Gasteiger partial charge in [-0.1, -0.05) is 0 Å². The summed E-state index contributed by atoms with van der Waals surface area (Å²) in [4.78, 5) is 24.1. The van der Waals surface area contributed by atoms with Crippen molar-refractivity contribution in [2.45, 2.75) is 39.4 Å². The molecule has 1 atom stereocenters. The highest BCUT2D eigenvalue weighted by Gasteiger charge is 2.27. The number of alkyl carbamates (subject to hydrolysis) is 1. The first-order valence-corrected chi connectivity index (χ1v) is 6.44. The lowest BCUT2D eigenvalue weighted by molar-refractivity contribution is 0.0525. The molecule has 1 aliphatic rings. The van der Waals surface area contributed by atoms with Crippen molar-refractivity contribution in [2.75, 3.05) is 20.1 Å². The molecule has 7 heteroatoms. The number of carbonyl (C=O) groups excluding carboxylic acids is 2. The van der Waals surface area contributed by atoms with Crippen molar-refractivity contribution in [2.24, 2.45) is 0 Å². The maximum Gasteiger partial charge on any atom is 0.514 e. The minimum atomic E-state index is -0.691. The number of rotatable bonds is 4. The number of hydrogen-bond donors (Lipinski definition) is 1. The Hall–Kier alpha value is -1.92. The van der Waals surface area contributed by atoms with Crippen LogP contribution in [0.3, 0.4) is 0 Å². The average molecular weight is 286 g/mol. The van der Waals surface area contributed by atoms with Gasteiger partial charge in [0.05, 0.1) is 0 Å². The minimum absolute atomic E-state index is 0.385. The van der Waals surface area contributed by atoms with Crippen LogP contribution in [0.1, 0.15) is 27.7 Å². The highest BCUT2D eigenvalue weighted by Crippen LogP contribution is 2.18. The van der Waals surface area contributed by atoms with Crippen molar-refractivity contribution in [3.63, 3.8) is 0 Å². The third-order valence-corrected chi connectivity index (χ3v) is 2.36. The molecular formula is C13H22N2O5. The first-order chi connectivity index (χ1) is 9.17. The molecule has 114 valence electrons. The molecule has 1 fully saturated rings. The van der Waals surface area contributed by atoms with Crippen LogP contribution in [0, 0.1) is 0 Å². The number of hydrogen-bond acceptors (Lipinski definition) is 6. The SMILES string of the molecule is CC1OC(=O)OC1=CN(C)CCNC(=O)OC(C)(C)C. The lowest BCUT2D eigenvalue weighted by Gasteiger charge is -2.20. The van der Waals surface area contributed by atoms with E-state index in [0.717, 1.165) is 0 Å². The molecular weight excluding hydrogens is 264 g/mol. The van der Waals surface area contributed by atoms with Crippen molar-refractivity contribution in [3.05, 3.63) is 12.0 Å². The maximum atomic E-state index is 11.4. The predicted octanol–water partition coefficient (Wildman–Crippen LogP) is 1.84. The number of cyclic esters (lactones) is 2. The molecule has 7 nitrogen and oxygen atoms in total. The van der Waals surface area contributed by atoms with Crippen LogP contribution in [0.15, 0.2) is 12.0 Å². The summed E-state index contributed by atoms with van der Waals surface area (Å²) in [7, 11) is 1.81. The number of amides is 1. The molecule has 0 aromatic rings. The van der Waals surface area contributed by atoms with Gasteiger partial charge in [-0.15, -0.1) is 0 Å². The van der Waals surface area contributed by atoms with Gasteiger partial charge in [-0.05, 0) is 27.7 Å². The van der Waals surface area contributed by atoms with E-state index in [1.54, 1.807) is 38.8 Å². The highest BCUT2D eigenvalue weighted by atomic mass is 16.8. The molecule has 0 saturated carbocycles. The lowest BCUT2D eigenvalue weighted by Crippen LogP contribution is -2.36. The van der Waals surface area contributed by atoms with Gasteiger partial charge in [-0.2, -0.15) is 0 Å². The number of nitrogens with zero attached hydrogens (tertiary/aromatic N) is 1. The number of likely N-dealkylation sites (N-methyl/N-ethyl adjacent to an activating group) is 1. The molecule has 0 bridgehead atoms. The summed E-state index contributed by atoms with van der Waals surface area (Å²) in [5.41, 5.74) is -0.511. The zero-order valence-corrected chi connectivity index (χ0v) is 12.6. The van der Waals surface area contributed by atoms with Gasteiger partial charge in [-0.3, -0.25) is 0 Å². The molecule has 1 unspecified atom stereocenters. The summed E-state index contributed by atoms with van der Waals surface area (Å²) in [6.45, 7) is 8.10. The fourth-order valence-corrected chi connectivity index (χ4v) is 1.47. The molecule has 20 heavy (non-hydrogen) atoms. The first kappa shape index (κ1) is 16.1. The van der Waals surface area contributed by atoms with Crippen LogP contribution in [0.2, 0.25) is 0 Å². The van der Waals surface area contributed by atoms with Gasteiger partial charge in [0.2, 0.25) is 0 Å². The summed E-state index contributed by atoms with van der Waals surface area (Å²) in [5, 5.41) is 2.64. The van der Waals surface area contributed by atoms with E-state index in [4.69, 9.17) is 14.2 Å². The van der Waals surface area contributed by atoms with Crippen molar-refractivity contribution in [1.82, 2.24) is 10.2 Å². The summed E-state index contributed by atoms with van der Waals surface area (Å²) in [6, 6.07) is 0. The molecule has 0 aromatic heterocycles. The van der Waals surface area contributed by atoms with E-state index in [0.29, 0.717) is 18.8 Å².